The van der Waals surface area contributed by atoms with Crippen molar-refractivity contribution in [2.45, 2.75) is 0 Å². The molecule has 0 aliphatic rings. The Hall–Kier alpha value is -2.76. The van der Waals surface area contributed by atoms with Crippen LogP contribution in [0.15, 0.2) is 47.7 Å². The van der Waals surface area contributed by atoms with E-state index in [0.29, 0.717) is 22.9 Å². The average molecular weight is 270 g/mol. The number of imidazole rings is 1. The number of aromatic nitrogens is 3. The normalized spacial score (nSPS) is 11.3. The highest BCUT2D eigenvalue weighted by atomic mass is 19.1. The lowest BCUT2D eigenvalue weighted by Crippen LogP contribution is -1.88. The fourth-order valence-corrected chi connectivity index (χ4v) is 1.79. The van der Waals surface area contributed by atoms with E-state index in [1.54, 1.807) is 50.0 Å². The van der Waals surface area contributed by atoms with Gasteiger partial charge in [-0.15, -0.1) is 0 Å². The number of halogens is 1. The molecule has 0 atom stereocenters. The van der Waals surface area contributed by atoms with Crippen molar-refractivity contribution >= 4 is 17.5 Å². The van der Waals surface area contributed by atoms with Gasteiger partial charge >= 0.3 is 0 Å². The molecule has 100 valence electrons. The predicted molar refractivity (Wildman–Crippen MR) is 73.2 cm³/mol. The molecule has 0 saturated heterocycles. The largest absolute Gasteiger partial charge is 0.481 e. The van der Waals surface area contributed by atoms with Gasteiger partial charge in [-0.05, 0) is 18.2 Å². The molecule has 3 aromatic heterocycles. The zero-order valence-corrected chi connectivity index (χ0v) is 10.7. The Morgan fingerprint density at radius 2 is 2.25 bits per heavy atom. The summed E-state index contributed by atoms with van der Waals surface area (Å²) in [5, 5.41) is 0. The molecule has 0 amide bonds. The maximum Gasteiger partial charge on any atom is 0.215 e. The lowest BCUT2D eigenvalue weighted by Gasteiger charge is -1.97. The van der Waals surface area contributed by atoms with E-state index in [1.807, 2.05) is 0 Å². The summed E-state index contributed by atoms with van der Waals surface area (Å²) in [5.41, 5.74) is 1.80. The molecule has 0 radical (unpaired) electrons. The number of hydrogen-bond acceptors (Lipinski definition) is 4. The number of fused-ring (bicyclic) bond motifs is 1. The van der Waals surface area contributed by atoms with Crippen molar-refractivity contribution in [3.8, 4) is 5.88 Å². The third-order valence-electron chi connectivity index (χ3n) is 2.73. The zero-order chi connectivity index (χ0) is 13.9. The number of methoxy groups -OCH3 is 1. The standard InChI is InChI=1S/C14H11FN4O/c1-20-14-7-10(5-6-16-14)17-8-11-9-19-12(15)3-2-4-13(19)18-11/h2-9H,1H3. The molecule has 0 unspecified atom stereocenters. The smallest absolute Gasteiger partial charge is 0.215 e. The van der Waals surface area contributed by atoms with Gasteiger partial charge in [-0.2, -0.15) is 4.39 Å². The highest BCUT2D eigenvalue weighted by Crippen LogP contribution is 2.16. The first kappa shape index (κ1) is 12.3. The molecule has 5 nitrogen and oxygen atoms in total. The Bertz CT molecular complexity index is 782. The minimum Gasteiger partial charge on any atom is -0.481 e. The maximum atomic E-state index is 13.5. The predicted octanol–water partition coefficient (Wildman–Crippen LogP) is 2.63. The van der Waals surface area contributed by atoms with E-state index in [-0.39, 0.29) is 5.95 Å². The summed E-state index contributed by atoms with van der Waals surface area (Å²) in [5.74, 6) is 0.126. The summed E-state index contributed by atoms with van der Waals surface area (Å²) in [4.78, 5) is 12.5. The van der Waals surface area contributed by atoms with Gasteiger partial charge in [0.05, 0.1) is 19.0 Å². The van der Waals surface area contributed by atoms with Gasteiger partial charge in [0.25, 0.3) is 0 Å². The Kier molecular flexibility index (Phi) is 3.12. The van der Waals surface area contributed by atoms with Crippen LogP contribution in [0.2, 0.25) is 0 Å². The second-order valence-electron chi connectivity index (χ2n) is 4.06. The topological polar surface area (TPSA) is 51.8 Å². The molecule has 0 N–H and O–H groups in total. The summed E-state index contributed by atoms with van der Waals surface area (Å²) in [6.07, 6.45) is 4.77. The summed E-state index contributed by atoms with van der Waals surface area (Å²) in [6.45, 7) is 0. The van der Waals surface area contributed by atoms with Crippen molar-refractivity contribution in [3.63, 3.8) is 0 Å². The maximum absolute atomic E-state index is 13.5. The second kappa shape index (κ2) is 5.08. The van der Waals surface area contributed by atoms with Crippen LogP contribution in [0, 0.1) is 5.95 Å². The second-order valence-corrected chi connectivity index (χ2v) is 4.06. The van der Waals surface area contributed by atoms with E-state index in [1.165, 1.54) is 10.5 Å². The molecule has 0 aliphatic heterocycles. The Morgan fingerprint density at radius 1 is 1.35 bits per heavy atom. The van der Waals surface area contributed by atoms with Crippen LogP contribution in [0.4, 0.5) is 10.1 Å². The molecule has 3 aromatic rings. The van der Waals surface area contributed by atoms with Gasteiger partial charge < -0.3 is 4.74 Å². The van der Waals surface area contributed by atoms with Gasteiger partial charge in [-0.25, -0.2) is 9.97 Å². The minimum atomic E-state index is -0.361. The number of rotatable bonds is 3. The molecule has 0 bridgehead atoms. The molecule has 3 heterocycles. The van der Waals surface area contributed by atoms with E-state index < -0.39 is 0 Å². The zero-order valence-electron chi connectivity index (χ0n) is 10.7. The van der Waals surface area contributed by atoms with Gasteiger partial charge in [0.1, 0.15) is 11.3 Å². The number of hydrogen-bond donors (Lipinski definition) is 0. The molecular weight excluding hydrogens is 259 g/mol. The van der Waals surface area contributed by atoms with E-state index in [0.717, 1.165) is 0 Å². The first-order valence-electron chi connectivity index (χ1n) is 5.94. The van der Waals surface area contributed by atoms with E-state index >= 15 is 0 Å². The fourth-order valence-electron chi connectivity index (χ4n) is 1.79. The molecule has 20 heavy (non-hydrogen) atoms. The van der Waals surface area contributed by atoms with Gasteiger partial charge in [0, 0.05) is 18.5 Å². The molecule has 6 heteroatoms. The fraction of sp³-hybridized carbons (Fsp3) is 0.0714. The van der Waals surface area contributed by atoms with Crippen LogP contribution in [-0.4, -0.2) is 27.7 Å². The molecule has 0 fully saturated rings. The van der Waals surface area contributed by atoms with Gasteiger partial charge in [0.15, 0.2) is 5.95 Å². The van der Waals surface area contributed by atoms with E-state index in [2.05, 4.69) is 15.0 Å². The number of pyridine rings is 2. The van der Waals surface area contributed by atoms with Crippen molar-refractivity contribution in [3.05, 3.63) is 54.4 Å². The monoisotopic (exact) mass is 270 g/mol. The molecular formula is C14H11FN4O. The molecule has 0 spiro atoms. The van der Waals surface area contributed by atoms with Crippen molar-refractivity contribution < 1.29 is 9.13 Å². The Balaban J connectivity index is 1.92. The van der Waals surface area contributed by atoms with Crippen LogP contribution >= 0.6 is 0 Å². The third-order valence-corrected chi connectivity index (χ3v) is 2.73. The summed E-state index contributed by atoms with van der Waals surface area (Å²) in [7, 11) is 1.54. The highest BCUT2D eigenvalue weighted by molar-refractivity contribution is 5.80. The van der Waals surface area contributed by atoms with Crippen molar-refractivity contribution in [1.29, 1.82) is 0 Å². The number of nitrogens with zero attached hydrogens (tertiary/aromatic N) is 4. The highest BCUT2D eigenvalue weighted by Gasteiger charge is 2.02. The van der Waals surface area contributed by atoms with Crippen LogP contribution in [0.5, 0.6) is 5.88 Å². The van der Waals surface area contributed by atoms with E-state index in [9.17, 15) is 4.39 Å². The molecule has 3 rings (SSSR count). The Labute approximate surface area is 114 Å². The average Bonchev–Trinajstić information content (AvgIpc) is 2.90. The quantitative estimate of drug-likeness (QED) is 0.543. The number of ether oxygens (including phenoxy) is 1. The van der Waals surface area contributed by atoms with E-state index in [4.69, 9.17) is 4.74 Å². The van der Waals surface area contributed by atoms with Gasteiger partial charge in [-0.1, -0.05) is 6.07 Å². The van der Waals surface area contributed by atoms with Crippen LogP contribution in [-0.2, 0) is 0 Å². The lowest BCUT2D eigenvalue weighted by atomic mass is 10.4. The minimum absolute atomic E-state index is 0.361. The number of aliphatic imine (C=N–C) groups is 1. The van der Waals surface area contributed by atoms with Crippen LogP contribution < -0.4 is 4.74 Å². The molecule has 0 aliphatic carbocycles. The Morgan fingerprint density at radius 3 is 3.05 bits per heavy atom. The summed E-state index contributed by atoms with van der Waals surface area (Å²) < 4.78 is 19.9. The molecule has 0 saturated carbocycles. The summed E-state index contributed by atoms with van der Waals surface area (Å²) >= 11 is 0. The van der Waals surface area contributed by atoms with Crippen LogP contribution in [0.25, 0.3) is 5.65 Å². The van der Waals surface area contributed by atoms with Gasteiger partial charge in [0.2, 0.25) is 5.88 Å². The van der Waals surface area contributed by atoms with Crippen molar-refractivity contribution in [1.82, 2.24) is 14.4 Å². The first-order valence-corrected chi connectivity index (χ1v) is 5.94. The first-order chi connectivity index (χ1) is 9.76. The van der Waals surface area contributed by atoms with Gasteiger partial charge in [-0.3, -0.25) is 9.39 Å². The lowest BCUT2D eigenvalue weighted by molar-refractivity contribution is 0.398. The van der Waals surface area contributed by atoms with Crippen molar-refractivity contribution in [2.75, 3.05) is 7.11 Å². The summed E-state index contributed by atoms with van der Waals surface area (Å²) in [6, 6.07) is 8.17. The third kappa shape index (κ3) is 2.35. The van der Waals surface area contributed by atoms with Crippen LogP contribution in [0.3, 0.4) is 0 Å². The molecule has 0 aromatic carbocycles. The van der Waals surface area contributed by atoms with Crippen molar-refractivity contribution in [2.24, 2.45) is 4.99 Å². The van der Waals surface area contributed by atoms with Crippen LogP contribution in [0.1, 0.15) is 5.69 Å². The SMILES string of the molecule is COc1cc(N=Cc2cn3c(F)cccc3n2)ccn1.